The van der Waals surface area contributed by atoms with Gasteiger partial charge in [0.1, 0.15) is 17.8 Å². The Morgan fingerprint density at radius 2 is 1.67 bits per heavy atom. The minimum absolute atomic E-state index is 0. The smallest absolute Gasteiger partial charge is 0.313 e. The summed E-state index contributed by atoms with van der Waals surface area (Å²) in [4.78, 5) is 21.3. The van der Waals surface area contributed by atoms with Crippen LogP contribution in [0.25, 0.3) is 0 Å². The molecule has 0 spiro atoms. The van der Waals surface area contributed by atoms with Gasteiger partial charge in [0.2, 0.25) is 0 Å². The lowest BCUT2D eigenvalue weighted by molar-refractivity contribution is -0.155. The summed E-state index contributed by atoms with van der Waals surface area (Å²) in [6.45, 7) is 6.67. The number of hydrogen-bond donors (Lipinski definition) is 0. The largest absolute Gasteiger partial charge is 0.460 e. The van der Waals surface area contributed by atoms with Crippen molar-refractivity contribution in [2.75, 3.05) is 0 Å². The Kier molecular flexibility index (Phi) is 5.99. The fourth-order valence-corrected chi connectivity index (χ4v) is 0.581. The highest BCUT2D eigenvalue weighted by Crippen LogP contribution is 2.07. The number of ketones is 1. The van der Waals surface area contributed by atoms with Crippen LogP contribution in [0.3, 0.4) is 0 Å². The molecule has 0 N–H and O–H groups in total. The third-order valence-electron chi connectivity index (χ3n) is 0.813. The van der Waals surface area contributed by atoms with Gasteiger partial charge in [0, 0.05) is 0 Å². The van der Waals surface area contributed by atoms with Crippen molar-refractivity contribution in [3.05, 3.63) is 0 Å². The summed E-state index contributed by atoms with van der Waals surface area (Å²) in [6.07, 6.45) is -0.128. The van der Waals surface area contributed by atoms with E-state index in [0.29, 0.717) is 0 Å². The molecular formula is C8H15ClO3. The molecule has 0 aromatic carbocycles. The molecular weight excluding hydrogens is 180 g/mol. The topological polar surface area (TPSA) is 43.4 Å². The monoisotopic (exact) mass is 194 g/mol. The van der Waals surface area contributed by atoms with Gasteiger partial charge in [-0.2, -0.15) is 0 Å². The Hall–Kier alpha value is -0.570. The second-order valence-electron chi connectivity index (χ2n) is 3.47. The fraction of sp³-hybridized carbons (Fsp3) is 0.750. The number of ether oxygens (including phenoxy) is 1. The summed E-state index contributed by atoms with van der Waals surface area (Å²) in [7, 11) is 0. The highest BCUT2D eigenvalue weighted by atomic mass is 35.5. The van der Waals surface area contributed by atoms with Crippen LogP contribution >= 0.6 is 12.4 Å². The second-order valence-corrected chi connectivity index (χ2v) is 3.47. The molecule has 0 atom stereocenters. The van der Waals surface area contributed by atoms with E-state index in [1.54, 1.807) is 20.8 Å². The van der Waals surface area contributed by atoms with E-state index in [2.05, 4.69) is 0 Å². The van der Waals surface area contributed by atoms with Crippen molar-refractivity contribution in [2.24, 2.45) is 0 Å². The molecule has 0 fully saturated rings. The number of Topliss-reactive ketones (excluding diaryl/α,β-unsaturated/α-hetero) is 1. The van der Waals surface area contributed by atoms with Gasteiger partial charge in [0.05, 0.1) is 0 Å². The average molecular weight is 195 g/mol. The maximum atomic E-state index is 10.8. The van der Waals surface area contributed by atoms with E-state index in [9.17, 15) is 9.59 Å². The molecule has 0 bridgehead atoms. The van der Waals surface area contributed by atoms with Crippen molar-refractivity contribution in [1.82, 2.24) is 0 Å². The molecule has 0 unspecified atom stereocenters. The van der Waals surface area contributed by atoms with Gasteiger partial charge in [-0.3, -0.25) is 9.59 Å². The molecule has 0 aromatic heterocycles. The number of esters is 1. The van der Waals surface area contributed by atoms with Crippen molar-refractivity contribution in [3.63, 3.8) is 0 Å². The van der Waals surface area contributed by atoms with Gasteiger partial charge in [0.15, 0.2) is 0 Å². The van der Waals surface area contributed by atoms with Crippen LogP contribution < -0.4 is 0 Å². The summed E-state index contributed by atoms with van der Waals surface area (Å²) in [5.41, 5.74) is -0.494. The predicted octanol–water partition coefficient (Wildman–Crippen LogP) is 1.73. The van der Waals surface area contributed by atoms with E-state index >= 15 is 0 Å². The summed E-state index contributed by atoms with van der Waals surface area (Å²) in [5, 5.41) is 0. The van der Waals surface area contributed by atoms with Crippen LogP contribution in [-0.4, -0.2) is 17.4 Å². The molecule has 0 aliphatic heterocycles. The standard InChI is InChI=1S/C8H14O3.ClH/c1-6(9)5-7(10)11-8(2,3)4;/h5H2,1-4H3;1H. The van der Waals surface area contributed by atoms with Crippen LogP contribution in [0.1, 0.15) is 34.1 Å². The molecule has 0 radical (unpaired) electrons. The van der Waals surface area contributed by atoms with E-state index in [0.717, 1.165) is 0 Å². The summed E-state index contributed by atoms with van der Waals surface area (Å²) in [5.74, 6) is -0.621. The zero-order valence-electron chi connectivity index (χ0n) is 7.84. The quantitative estimate of drug-likeness (QED) is 0.497. The minimum atomic E-state index is -0.494. The first-order valence-electron chi connectivity index (χ1n) is 3.52. The van der Waals surface area contributed by atoms with E-state index in [1.165, 1.54) is 6.92 Å². The fourth-order valence-electron chi connectivity index (χ4n) is 0.581. The lowest BCUT2D eigenvalue weighted by Crippen LogP contribution is -2.24. The molecule has 0 amide bonds. The van der Waals surface area contributed by atoms with Crippen molar-refractivity contribution in [2.45, 2.75) is 39.7 Å². The molecule has 0 rings (SSSR count). The zero-order valence-corrected chi connectivity index (χ0v) is 8.66. The number of carbonyl (C=O) groups excluding carboxylic acids is 2. The minimum Gasteiger partial charge on any atom is -0.460 e. The molecule has 0 aromatic rings. The Balaban J connectivity index is 0. The number of hydrogen-bond acceptors (Lipinski definition) is 3. The third-order valence-corrected chi connectivity index (χ3v) is 0.813. The van der Waals surface area contributed by atoms with Crippen molar-refractivity contribution in [1.29, 1.82) is 0 Å². The van der Waals surface area contributed by atoms with Crippen LogP contribution in [0, 0.1) is 0 Å². The Bertz CT molecular complexity index is 170. The molecule has 0 aliphatic carbocycles. The first-order valence-corrected chi connectivity index (χ1v) is 3.52. The first kappa shape index (κ1) is 14.0. The SMILES string of the molecule is CC(=O)CC(=O)OC(C)(C)C.Cl. The van der Waals surface area contributed by atoms with Crippen LogP contribution in [0.2, 0.25) is 0 Å². The van der Waals surface area contributed by atoms with Gasteiger partial charge in [-0.05, 0) is 27.7 Å². The Morgan fingerprint density at radius 3 is 1.92 bits per heavy atom. The highest BCUT2D eigenvalue weighted by molar-refractivity contribution is 5.94. The van der Waals surface area contributed by atoms with Gasteiger partial charge in [-0.15, -0.1) is 12.4 Å². The molecule has 4 heteroatoms. The molecule has 0 saturated heterocycles. The second kappa shape index (κ2) is 5.14. The maximum Gasteiger partial charge on any atom is 0.313 e. The number of halogens is 1. The van der Waals surface area contributed by atoms with Crippen LogP contribution in [0.5, 0.6) is 0 Å². The van der Waals surface area contributed by atoms with Gasteiger partial charge >= 0.3 is 5.97 Å². The molecule has 0 heterocycles. The highest BCUT2D eigenvalue weighted by Gasteiger charge is 2.16. The Labute approximate surface area is 78.9 Å². The van der Waals surface area contributed by atoms with Gasteiger partial charge in [-0.1, -0.05) is 0 Å². The van der Waals surface area contributed by atoms with Crippen molar-refractivity contribution in [3.8, 4) is 0 Å². The lowest BCUT2D eigenvalue weighted by Gasteiger charge is -2.18. The predicted molar refractivity (Wildman–Crippen MR) is 48.4 cm³/mol. The summed E-state index contributed by atoms with van der Waals surface area (Å²) in [6, 6.07) is 0. The average Bonchev–Trinajstić information content (AvgIpc) is 1.53. The molecule has 0 saturated carbocycles. The van der Waals surface area contributed by atoms with Crippen molar-refractivity contribution >= 4 is 24.2 Å². The van der Waals surface area contributed by atoms with Gasteiger partial charge in [0.25, 0.3) is 0 Å². The normalized spacial score (nSPS) is 10.0. The maximum absolute atomic E-state index is 10.8. The Morgan fingerprint density at radius 1 is 1.25 bits per heavy atom. The van der Waals surface area contributed by atoms with E-state index < -0.39 is 11.6 Å². The van der Waals surface area contributed by atoms with E-state index in [-0.39, 0.29) is 24.6 Å². The lowest BCUT2D eigenvalue weighted by atomic mass is 10.2. The van der Waals surface area contributed by atoms with Gasteiger partial charge < -0.3 is 4.74 Å². The molecule has 3 nitrogen and oxygen atoms in total. The molecule has 12 heavy (non-hydrogen) atoms. The first-order chi connectivity index (χ1) is 4.81. The van der Waals surface area contributed by atoms with Crippen molar-refractivity contribution < 1.29 is 14.3 Å². The van der Waals surface area contributed by atoms with Crippen LogP contribution in [0.15, 0.2) is 0 Å². The summed E-state index contributed by atoms with van der Waals surface area (Å²) >= 11 is 0. The number of carbonyl (C=O) groups is 2. The van der Waals surface area contributed by atoms with Crippen LogP contribution in [0.4, 0.5) is 0 Å². The zero-order chi connectivity index (χ0) is 9.07. The summed E-state index contributed by atoms with van der Waals surface area (Å²) < 4.78 is 4.89. The van der Waals surface area contributed by atoms with E-state index in [1.807, 2.05) is 0 Å². The van der Waals surface area contributed by atoms with Crippen LogP contribution in [-0.2, 0) is 14.3 Å². The third kappa shape index (κ3) is 9.43. The van der Waals surface area contributed by atoms with Gasteiger partial charge in [-0.25, -0.2) is 0 Å². The molecule has 0 aliphatic rings. The number of rotatable bonds is 2. The molecule has 72 valence electrons. The van der Waals surface area contributed by atoms with E-state index in [4.69, 9.17) is 4.74 Å².